The molecule has 0 fully saturated rings. The van der Waals surface area contributed by atoms with Crippen LogP contribution >= 0.6 is 0 Å². The van der Waals surface area contributed by atoms with Crippen molar-refractivity contribution in [3.05, 3.63) is 0 Å². The number of aliphatic imine (C=N–C) groups is 2. The van der Waals surface area contributed by atoms with Crippen LogP contribution in [0.5, 0.6) is 0 Å². The molecule has 102 valence electrons. The van der Waals surface area contributed by atoms with E-state index in [4.69, 9.17) is 9.47 Å². The fraction of sp³-hybridized carbons (Fsp3) is 0.857. The van der Waals surface area contributed by atoms with E-state index in [2.05, 4.69) is 44.6 Å². The summed E-state index contributed by atoms with van der Waals surface area (Å²) in [7, 11) is 0. The lowest BCUT2D eigenvalue weighted by molar-refractivity contribution is 0.267. The number of ether oxygens (including phenoxy) is 2. The summed E-state index contributed by atoms with van der Waals surface area (Å²) < 4.78 is 11.4. The normalized spacial score (nSPS) is 27.6. The van der Waals surface area contributed by atoms with Crippen molar-refractivity contribution >= 4 is 11.8 Å². The third-order valence-corrected chi connectivity index (χ3v) is 3.67. The van der Waals surface area contributed by atoms with Crippen molar-refractivity contribution in [2.24, 2.45) is 27.7 Å². The summed E-state index contributed by atoms with van der Waals surface area (Å²) in [4.78, 5) is 9.27. The average Bonchev–Trinajstić information content (AvgIpc) is 2.97. The molecule has 0 aromatic rings. The van der Waals surface area contributed by atoms with Gasteiger partial charge in [-0.05, 0) is 18.8 Å². The Morgan fingerprint density at radius 2 is 1.22 bits per heavy atom. The van der Waals surface area contributed by atoms with Crippen LogP contribution in [-0.4, -0.2) is 37.1 Å². The number of nitrogens with zero attached hydrogens (tertiary/aromatic N) is 2. The lowest BCUT2D eigenvalue weighted by atomic mass is 10.1. The Labute approximate surface area is 109 Å². The summed E-state index contributed by atoms with van der Waals surface area (Å²) in [6.07, 6.45) is 0. The molecule has 0 aromatic heterocycles. The summed E-state index contributed by atoms with van der Waals surface area (Å²) in [5, 5.41) is 0. The molecule has 0 aromatic carbocycles. The fourth-order valence-corrected chi connectivity index (χ4v) is 2.08. The molecule has 2 aliphatic heterocycles. The first-order chi connectivity index (χ1) is 8.49. The fourth-order valence-electron chi connectivity index (χ4n) is 2.08. The van der Waals surface area contributed by atoms with E-state index in [0.29, 0.717) is 25.0 Å². The monoisotopic (exact) mass is 252 g/mol. The largest absolute Gasteiger partial charge is 0.478 e. The topological polar surface area (TPSA) is 43.2 Å². The minimum atomic E-state index is 0.0532. The van der Waals surface area contributed by atoms with E-state index in [-0.39, 0.29) is 18.0 Å². The van der Waals surface area contributed by atoms with E-state index in [9.17, 15) is 0 Å². The molecule has 2 atom stereocenters. The Kier molecular flexibility index (Phi) is 3.93. The van der Waals surface area contributed by atoms with E-state index < -0.39 is 0 Å². The second-order valence-electron chi connectivity index (χ2n) is 5.90. The molecule has 2 heterocycles. The Balaban J connectivity index is 2.03. The number of hydrogen-bond acceptors (Lipinski definition) is 4. The molecule has 2 rings (SSSR count). The van der Waals surface area contributed by atoms with Gasteiger partial charge in [0.1, 0.15) is 19.1 Å². The van der Waals surface area contributed by atoms with Crippen molar-refractivity contribution in [3.63, 3.8) is 0 Å². The summed E-state index contributed by atoms with van der Waals surface area (Å²) >= 11 is 0. The van der Waals surface area contributed by atoms with Crippen LogP contribution < -0.4 is 0 Å². The van der Waals surface area contributed by atoms with Gasteiger partial charge in [-0.1, -0.05) is 27.7 Å². The van der Waals surface area contributed by atoms with Crippen molar-refractivity contribution < 1.29 is 9.47 Å². The zero-order valence-corrected chi connectivity index (χ0v) is 12.0. The van der Waals surface area contributed by atoms with Crippen LogP contribution in [0.3, 0.4) is 0 Å². The summed E-state index contributed by atoms with van der Waals surface area (Å²) in [5.74, 6) is 2.67. The Morgan fingerprint density at radius 3 is 1.50 bits per heavy atom. The van der Waals surface area contributed by atoms with Gasteiger partial charge in [0.05, 0.1) is 12.1 Å². The summed E-state index contributed by atoms with van der Waals surface area (Å²) in [6.45, 7) is 12.1. The van der Waals surface area contributed by atoms with Crippen LogP contribution in [0.15, 0.2) is 9.98 Å². The second kappa shape index (κ2) is 5.29. The molecule has 0 unspecified atom stereocenters. The number of hydrogen-bond donors (Lipinski definition) is 0. The lowest BCUT2D eigenvalue weighted by Gasteiger charge is -2.10. The highest BCUT2D eigenvalue weighted by molar-refractivity contribution is 6.01. The van der Waals surface area contributed by atoms with Gasteiger partial charge >= 0.3 is 0 Å². The van der Waals surface area contributed by atoms with Gasteiger partial charge in [0.25, 0.3) is 0 Å². The molecule has 0 spiro atoms. The maximum absolute atomic E-state index is 5.69. The highest BCUT2D eigenvalue weighted by Gasteiger charge is 2.32. The van der Waals surface area contributed by atoms with Crippen molar-refractivity contribution in [2.75, 3.05) is 13.2 Å². The molecule has 0 saturated heterocycles. The quantitative estimate of drug-likeness (QED) is 0.771. The highest BCUT2D eigenvalue weighted by atomic mass is 16.5. The van der Waals surface area contributed by atoms with Gasteiger partial charge in [-0.15, -0.1) is 0 Å². The Hall–Kier alpha value is -1.06. The van der Waals surface area contributed by atoms with E-state index in [1.54, 1.807) is 0 Å². The first kappa shape index (κ1) is 13.4. The minimum Gasteiger partial charge on any atom is -0.478 e. The predicted octanol–water partition coefficient (Wildman–Crippen LogP) is 2.53. The highest BCUT2D eigenvalue weighted by Crippen LogP contribution is 2.22. The van der Waals surface area contributed by atoms with Gasteiger partial charge in [-0.2, -0.15) is 0 Å². The molecule has 0 saturated carbocycles. The van der Waals surface area contributed by atoms with Gasteiger partial charge in [0.2, 0.25) is 0 Å². The molecule has 18 heavy (non-hydrogen) atoms. The van der Waals surface area contributed by atoms with Gasteiger partial charge in [-0.25, -0.2) is 9.98 Å². The third-order valence-electron chi connectivity index (χ3n) is 3.67. The summed E-state index contributed by atoms with van der Waals surface area (Å²) in [5.41, 5.74) is 0. The molecular weight excluding hydrogens is 228 g/mol. The van der Waals surface area contributed by atoms with Crippen molar-refractivity contribution in [1.82, 2.24) is 0 Å². The number of rotatable bonds is 4. The maximum Gasteiger partial charge on any atom is 0.196 e. The molecule has 0 aliphatic carbocycles. The van der Waals surface area contributed by atoms with E-state index in [1.807, 2.05) is 0 Å². The van der Waals surface area contributed by atoms with Gasteiger partial charge in [0.15, 0.2) is 11.8 Å². The molecule has 0 radical (unpaired) electrons. The van der Waals surface area contributed by atoms with Crippen LogP contribution in [-0.2, 0) is 9.47 Å². The molecule has 0 bridgehead atoms. The SMILES string of the molecule is CC(C1=N[C@@H](C(C)C)CO1)C1=N[C@@H](C(C)C)CO1. The molecule has 2 aliphatic rings. The van der Waals surface area contributed by atoms with Crippen molar-refractivity contribution in [1.29, 1.82) is 0 Å². The molecular formula is C14H24N2O2. The molecule has 0 N–H and O–H groups in total. The van der Waals surface area contributed by atoms with Crippen molar-refractivity contribution in [2.45, 2.75) is 46.7 Å². The third kappa shape index (κ3) is 2.68. The van der Waals surface area contributed by atoms with Gasteiger partial charge in [-0.3, -0.25) is 0 Å². The average molecular weight is 252 g/mol. The lowest BCUT2D eigenvalue weighted by Crippen LogP contribution is -2.21. The Bertz CT molecular complexity index is 327. The minimum absolute atomic E-state index is 0.0532. The van der Waals surface area contributed by atoms with Crippen molar-refractivity contribution in [3.8, 4) is 0 Å². The smallest absolute Gasteiger partial charge is 0.196 e. The molecule has 4 heteroatoms. The van der Waals surface area contributed by atoms with Crippen LogP contribution in [0.2, 0.25) is 0 Å². The standard InChI is InChI=1S/C14H24N2O2/c1-8(2)11-6-17-13(15-11)10(5)14-16-12(7-18-14)9(3)4/h8-12H,6-7H2,1-5H3/t11-,12-/m1/s1. The molecule has 4 nitrogen and oxygen atoms in total. The van der Waals surface area contributed by atoms with Crippen LogP contribution in [0.25, 0.3) is 0 Å². The Morgan fingerprint density at radius 1 is 0.833 bits per heavy atom. The summed E-state index contributed by atoms with van der Waals surface area (Å²) in [6, 6.07) is 0.565. The van der Waals surface area contributed by atoms with E-state index in [0.717, 1.165) is 11.8 Å². The molecule has 0 amide bonds. The van der Waals surface area contributed by atoms with Gasteiger partial charge in [0, 0.05) is 0 Å². The zero-order valence-electron chi connectivity index (χ0n) is 12.0. The zero-order chi connectivity index (χ0) is 13.3. The first-order valence-electron chi connectivity index (χ1n) is 6.90. The van der Waals surface area contributed by atoms with E-state index in [1.165, 1.54) is 0 Å². The predicted molar refractivity (Wildman–Crippen MR) is 73.2 cm³/mol. The maximum atomic E-state index is 5.69. The van der Waals surface area contributed by atoms with Crippen LogP contribution in [0.4, 0.5) is 0 Å². The van der Waals surface area contributed by atoms with Gasteiger partial charge < -0.3 is 9.47 Å². The van der Waals surface area contributed by atoms with Crippen LogP contribution in [0.1, 0.15) is 34.6 Å². The first-order valence-corrected chi connectivity index (χ1v) is 6.90. The van der Waals surface area contributed by atoms with Crippen LogP contribution in [0, 0.1) is 17.8 Å². The van der Waals surface area contributed by atoms with E-state index >= 15 is 0 Å². The second-order valence-corrected chi connectivity index (χ2v) is 5.90.